The third-order valence-corrected chi connectivity index (χ3v) is 6.82. The Morgan fingerprint density at radius 3 is 2.93 bits per heavy atom. The predicted octanol–water partition coefficient (Wildman–Crippen LogP) is 4.22. The number of nitrogen functional groups attached to an aromatic ring is 1. The Bertz CT molecular complexity index is 883. The number of para-hydroxylation sites is 1. The molecule has 2 atom stereocenters. The minimum Gasteiger partial charge on any atom is -0.460 e. The highest BCUT2D eigenvalue weighted by Gasteiger charge is 2.29. The molecule has 0 spiro atoms. The lowest BCUT2D eigenvalue weighted by Crippen LogP contribution is -2.27. The zero-order chi connectivity index (χ0) is 19.0. The van der Waals surface area contributed by atoms with E-state index in [1.807, 2.05) is 18.5 Å². The molecule has 0 amide bonds. The molecule has 2 unspecified atom stereocenters. The molecule has 1 aliphatic heterocycles. The number of thioether (sulfide) groups is 1. The number of rotatable bonds is 5. The first-order valence-corrected chi connectivity index (χ1v) is 10.9. The van der Waals surface area contributed by atoms with Crippen molar-refractivity contribution < 1.29 is 9.53 Å². The highest BCUT2D eigenvalue weighted by Crippen LogP contribution is 2.38. The lowest BCUT2D eigenvalue weighted by Gasteiger charge is -2.16. The Hall–Kier alpha value is -1.95. The smallest absolute Gasteiger partial charge is 0.305 e. The van der Waals surface area contributed by atoms with Gasteiger partial charge < -0.3 is 10.6 Å². The summed E-state index contributed by atoms with van der Waals surface area (Å²) in [5.41, 5.74) is 3.46. The van der Waals surface area contributed by atoms with Gasteiger partial charge in [0.15, 0.2) is 0 Å². The molecule has 4 rings (SSSR count). The second-order valence-corrected chi connectivity index (χ2v) is 8.54. The number of fused-ring (bicyclic) bond motifs is 1. The maximum Gasteiger partial charge on any atom is 0.305 e. The summed E-state index contributed by atoms with van der Waals surface area (Å²) in [6.07, 6.45) is 5.28. The number of esters is 1. The van der Waals surface area contributed by atoms with Crippen LogP contribution in [0, 0.1) is 0 Å². The average molecular weight is 386 g/mol. The second kappa shape index (κ2) is 7.58. The highest BCUT2D eigenvalue weighted by atomic mass is 32.2. The van der Waals surface area contributed by atoms with Gasteiger partial charge in [-0.15, -0.1) is 11.8 Å². The van der Waals surface area contributed by atoms with Crippen molar-refractivity contribution in [3.05, 3.63) is 35.5 Å². The summed E-state index contributed by atoms with van der Waals surface area (Å²) < 4.78 is 7.27. The van der Waals surface area contributed by atoms with Gasteiger partial charge in [-0.2, -0.15) is 0 Å². The average Bonchev–Trinajstić information content (AvgIpc) is 3.41. The van der Waals surface area contributed by atoms with Crippen LogP contribution < -0.4 is 5.84 Å². The number of benzene rings is 1. The number of carbonyl (C=O) groups excluding carboxylic acids is 1. The molecule has 2 aromatic rings. The zero-order valence-corrected chi connectivity index (χ0v) is 16.8. The van der Waals surface area contributed by atoms with Crippen molar-refractivity contribution >= 4 is 33.7 Å². The molecule has 5 nitrogen and oxygen atoms in total. The number of hydrogen-bond donors (Lipinski definition) is 1. The molecular formula is C21H27N3O2S. The third-order valence-electron chi connectivity index (χ3n) is 5.73. The van der Waals surface area contributed by atoms with E-state index in [2.05, 4.69) is 24.3 Å². The molecule has 0 radical (unpaired) electrons. The standard InChI is InChI=1S/C21H27N3O2S/c1-3-19(25)26-13(2)17-12-27-21(23-17)18-11-15-9-6-10-16(20(15)24(18)22)14-7-4-5-8-14/h6,9-11,13-14,17H,3-5,7-8,12,22H2,1-2H3. The van der Waals surface area contributed by atoms with Gasteiger partial charge in [-0.05, 0) is 37.3 Å². The van der Waals surface area contributed by atoms with Gasteiger partial charge in [-0.25, -0.2) is 0 Å². The minimum atomic E-state index is -0.216. The van der Waals surface area contributed by atoms with E-state index >= 15 is 0 Å². The molecule has 1 fully saturated rings. The summed E-state index contributed by atoms with van der Waals surface area (Å²) in [6, 6.07) is 8.62. The van der Waals surface area contributed by atoms with E-state index in [4.69, 9.17) is 15.6 Å². The SMILES string of the molecule is CCC(=O)OC(C)C1CSC(c2cc3cccc(C4CCCC4)c3n2N)=N1. The Morgan fingerprint density at radius 2 is 2.19 bits per heavy atom. The Morgan fingerprint density at radius 1 is 1.41 bits per heavy atom. The van der Waals surface area contributed by atoms with Crippen LogP contribution in [0.25, 0.3) is 10.9 Å². The van der Waals surface area contributed by atoms with Gasteiger partial charge >= 0.3 is 5.97 Å². The molecule has 2 heterocycles. The van der Waals surface area contributed by atoms with E-state index in [1.54, 1.807) is 11.8 Å². The number of hydrogen-bond acceptors (Lipinski definition) is 5. The summed E-state index contributed by atoms with van der Waals surface area (Å²) in [7, 11) is 0. The van der Waals surface area contributed by atoms with Crippen molar-refractivity contribution in [3.63, 3.8) is 0 Å². The van der Waals surface area contributed by atoms with Crippen molar-refractivity contribution in [2.45, 2.75) is 64.0 Å². The zero-order valence-electron chi connectivity index (χ0n) is 16.0. The van der Waals surface area contributed by atoms with Crippen LogP contribution in [0.3, 0.4) is 0 Å². The first-order chi connectivity index (χ1) is 13.1. The summed E-state index contributed by atoms with van der Waals surface area (Å²) in [5.74, 6) is 7.79. The third kappa shape index (κ3) is 3.47. The fourth-order valence-electron chi connectivity index (χ4n) is 4.18. The van der Waals surface area contributed by atoms with Gasteiger partial charge in [-0.1, -0.05) is 38.0 Å². The number of aromatic nitrogens is 1. The van der Waals surface area contributed by atoms with E-state index in [0.717, 1.165) is 22.0 Å². The molecule has 0 bridgehead atoms. The van der Waals surface area contributed by atoms with Gasteiger partial charge in [-0.3, -0.25) is 14.5 Å². The predicted molar refractivity (Wildman–Crippen MR) is 112 cm³/mol. The van der Waals surface area contributed by atoms with Gasteiger partial charge in [0.2, 0.25) is 0 Å². The summed E-state index contributed by atoms with van der Waals surface area (Å²) in [4.78, 5) is 16.4. The molecule has 1 aliphatic carbocycles. The highest BCUT2D eigenvalue weighted by molar-refractivity contribution is 8.14. The maximum absolute atomic E-state index is 11.6. The number of carbonyl (C=O) groups is 1. The Labute approximate surface area is 164 Å². The monoisotopic (exact) mass is 385 g/mol. The number of nitrogens with zero attached hydrogens (tertiary/aromatic N) is 2. The fraction of sp³-hybridized carbons (Fsp3) is 0.524. The molecule has 2 N–H and O–H groups in total. The number of aliphatic imine (C=N–C) groups is 1. The summed E-state index contributed by atoms with van der Waals surface area (Å²) in [6.45, 7) is 3.73. The quantitative estimate of drug-likeness (QED) is 0.618. The fourth-order valence-corrected chi connectivity index (χ4v) is 5.37. The van der Waals surface area contributed by atoms with Crippen LogP contribution in [-0.4, -0.2) is 33.6 Å². The van der Waals surface area contributed by atoms with Gasteiger partial charge in [0.25, 0.3) is 0 Å². The van der Waals surface area contributed by atoms with E-state index in [-0.39, 0.29) is 18.1 Å². The Balaban J connectivity index is 1.64. The van der Waals surface area contributed by atoms with E-state index in [0.29, 0.717) is 12.3 Å². The van der Waals surface area contributed by atoms with Gasteiger partial charge in [0, 0.05) is 17.6 Å². The first kappa shape index (κ1) is 18.4. The summed E-state index contributed by atoms with van der Waals surface area (Å²) in [5, 5.41) is 2.12. The van der Waals surface area contributed by atoms with Crippen molar-refractivity contribution in [2.75, 3.05) is 11.6 Å². The molecule has 2 aliphatic rings. The van der Waals surface area contributed by atoms with E-state index in [1.165, 1.54) is 36.6 Å². The van der Waals surface area contributed by atoms with Crippen LogP contribution in [-0.2, 0) is 9.53 Å². The second-order valence-electron chi connectivity index (χ2n) is 7.53. The summed E-state index contributed by atoms with van der Waals surface area (Å²) >= 11 is 1.69. The van der Waals surface area contributed by atoms with Crippen molar-refractivity contribution in [1.29, 1.82) is 0 Å². The lowest BCUT2D eigenvalue weighted by atomic mass is 9.96. The molecule has 1 aromatic heterocycles. The van der Waals surface area contributed by atoms with Crippen LogP contribution in [0.4, 0.5) is 0 Å². The molecule has 27 heavy (non-hydrogen) atoms. The molecule has 144 valence electrons. The topological polar surface area (TPSA) is 69.6 Å². The van der Waals surface area contributed by atoms with Gasteiger partial charge in [0.1, 0.15) is 11.1 Å². The van der Waals surface area contributed by atoms with Crippen LogP contribution in [0.1, 0.15) is 63.1 Å². The van der Waals surface area contributed by atoms with Crippen LogP contribution in [0.2, 0.25) is 0 Å². The molecular weight excluding hydrogens is 358 g/mol. The number of nitrogens with two attached hydrogens (primary N) is 1. The lowest BCUT2D eigenvalue weighted by molar-refractivity contribution is -0.148. The number of ether oxygens (including phenoxy) is 1. The van der Waals surface area contributed by atoms with E-state index < -0.39 is 0 Å². The minimum absolute atomic E-state index is 0.0205. The van der Waals surface area contributed by atoms with Crippen molar-refractivity contribution in [3.8, 4) is 0 Å². The van der Waals surface area contributed by atoms with E-state index in [9.17, 15) is 4.79 Å². The molecule has 1 saturated carbocycles. The largest absolute Gasteiger partial charge is 0.460 e. The van der Waals surface area contributed by atoms with Gasteiger partial charge in [0.05, 0.1) is 17.3 Å². The first-order valence-electron chi connectivity index (χ1n) is 9.88. The van der Waals surface area contributed by atoms with Crippen LogP contribution >= 0.6 is 11.8 Å². The normalized spacial score (nSPS) is 21.6. The molecule has 0 saturated heterocycles. The maximum atomic E-state index is 11.6. The Kier molecular flexibility index (Phi) is 5.17. The van der Waals surface area contributed by atoms with Crippen LogP contribution in [0.15, 0.2) is 29.3 Å². The van der Waals surface area contributed by atoms with Crippen LogP contribution in [0.5, 0.6) is 0 Å². The molecule has 6 heteroatoms. The van der Waals surface area contributed by atoms with Crippen molar-refractivity contribution in [2.24, 2.45) is 4.99 Å². The molecule has 1 aromatic carbocycles. The van der Waals surface area contributed by atoms with Crippen molar-refractivity contribution in [1.82, 2.24) is 4.68 Å².